The summed E-state index contributed by atoms with van der Waals surface area (Å²) in [6.07, 6.45) is 1.65. The van der Waals surface area contributed by atoms with Crippen LogP contribution in [0.3, 0.4) is 0 Å². The summed E-state index contributed by atoms with van der Waals surface area (Å²) in [7, 11) is 0. The van der Waals surface area contributed by atoms with Crippen LogP contribution in [0.1, 0.15) is 50.9 Å². The number of benzene rings is 1. The fourth-order valence-corrected chi connectivity index (χ4v) is 2.09. The number of anilines is 1. The minimum atomic E-state index is 0.224. The Morgan fingerprint density at radius 3 is 2.41 bits per heavy atom. The van der Waals surface area contributed by atoms with Gasteiger partial charge in [-0.1, -0.05) is 26.0 Å². The van der Waals surface area contributed by atoms with Crippen LogP contribution in [0.4, 0.5) is 5.69 Å². The fourth-order valence-electron chi connectivity index (χ4n) is 2.09. The number of nitrogens with zero attached hydrogens (tertiary/aromatic N) is 1. The third-order valence-electron chi connectivity index (χ3n) is 3.30. The van der Waals surface area contributed by atoms with Crippen molar-refractivity contribution >= 4 is 11.5 Å². The Bertz CT molecular complexity index is 373. The van der Waals surface area contributed by atoms with E-state index in [1.54, 1.807) is 0 Å². The Kier molecular flexibility index (Phi) is 5.20. The lowest BCUT2D eigenvalue weighted by molar-refractivity contribution is 0.0988. The fraction of sp³-hybridized carbons (Fsp3) is 0.533. The van der Waals surface area contributed by atoms with Crippen LogP contribution in [0.25, 0.3) is 0 Å². The molecular formula is C15H23NO. The minimum absolute atomic E-state index is 0.224. The maximum Gasteiger partial charge on any atom is 0.164 e. The van der Waals surface area contributed by atoms with Crippen LogP contribution >= 0.6 is 0 Å². The SMILES string of the molecule is CCC(=O)c1ccccc1N(CC)C(C)CC. The van der Waals surface area contributed by atoms with Gasteiger partial charge < -0.3 is 4.90 Å². The highest BCUT2D eigenvalue weighted by molar-refractivity contribution is 6.01. The van der Waals surface area contributed by atoms with Crippen molar-refractivity contribution in [3.63, 3.8) is 0 Å². The molecule has 0 aliphatic carbocycles. The first-order valence-corrected chi connectivity index (χ1v) is 6.54. The van der Waals surface area contributed by atoms with Crippen LogP contribution < -0.4 is 4.90 Å². The monoisotopic (exact) mass is 233 g/mol. The molecule has 0 bridgehead atoms. The van der Waals surface area contributed by atoms with E-state index in [9.17, 15) is 4.79 Å². The topological polar surface area (TPSA) is 20.3 Å². The zero-order valence-electron chi connectivity index (χ0n) is 11.4. The smallest absolute Gasteiger partial charge is 0.164 e. The molecule has 1 rings (SSSR count). The van der Waals surface area contributed by atoms with Gasteiger partial charge in [-0.05, 0) is 32.4 Å². The molecule has 17 heavy (non-hydrogen) atoms. The van der Waals surface area contributed by atoms with Crippen LogP contribution in [0.5, 0.6) is 0 Å². The second-order valence-corrected chi connectivity index (χ2v) is 4.34. The second kappa shape index (κ2) is 6.43. The molecule has 0 saturated carbocycles. The van der Waals surface area contributed by atoms with E-state index < -0.39 is 0 Å². The standard InChI is InChI=1S/C15H23NO/c1-5-12(4)16(7-3)14-11-9-8-10-13(14)15(17)6-2/h8-12H,5-7H2,1-4H3. The van der Waals surface area contributed by atoms with Gasteiger partial charge in [0.25, 0.3) is 0 Å². The van der Waals surface area contributed by atoms with Crippen molar-refractivity contribution < 1.29 is 4.79 Å². The number of rotatable bonds is 6. The molecule has 0 saturated heterocycles. The summed E-state index contributed by atoms with van der Waals surface area (Å²) >= 11 is 0. The third-order valence-corrected chi connectivity index (χ3v) is 3.30. The zero-order valence-corrected chi connectivity index (χ0v) is 11.4. The van der Waals surface area contributed by atoms with Gasteiger partial charge in [0.2, 0.25) is 0 Å². The van der Waals surface area contributed by atoms with Gasteiger partial charge in [-0.3, -0.25) is 4.79 Å². The third kappa shape index (κ3) is 3.09. The highest BCUT2D eigenvalue weighted by Gasteiger charge is 2.17. The van der Waals surface area contributed by atoms with E-state index in [1.807, 2.05) is 25.1 Å². The van der Waals surface area contributed by atoms with Gasteiger partial charge >= 0.3 is 0 Å². The Hall–Kier alpha value is -1.31. The quantitative estimate of drug-likeness (QED) is 0.694. The van der Waals surface area contributed by atoms with Gasteiger partial charge in [-0.25, -0.2) is 0 Å². The summed E-state index contributed by atoms with van der Waals surface area (Å²) in [6.45, 7) is 9.37. The summed E-state index contributed by atoms with van der Waals surface area (Å²) in [5.74, 6) is 0.224. The van der Waals surface area contributed by atoms with Crippen molar-refractivity contribution in [1.82, 2.24) is 0 Å². The molecule has 94 valence electrons. The maximum absolute atomic E-state index is 11.9. The molecule has 1 aromatic carbocycles. The van der Waals surface area contributed by atoms with Crippen molar-refractivity contribution in [2.24, 2.45) is 0 Å². The minimum Gasteiger partial charge on any atom is -0.369 e. The van der Waals surface area contributed by atoms with E-state index in [0.29, 0.717) is 12.5 Å². The Morgan fingerprint density at radius 2 is 1.88 bits per heavy atom. The average Bonchev–Trinajstić information content (AvgIpc) is 2.39. The van der Waals surface area contributed by atoms with Crippen LogP contribution in [0.2, 0.25) is 0 Å². The van der Waals surface area contributed by atoms with Crippen molar-refractivity contribution in [3.05, 3.63) is 29.8 Å². The summed E-state index contributed by atoms with van der Waals surface area (Å²) in [5.41, 5.74) is 1.94. The van der Waals surface area contributed by atoms with Crippen molar-refractivity contribution in [2.45, 2.75) is 46.6 Å². The molecule has 2 nitrogen and oxygen atoms in total. The van der Waals surface area contributed by atoms with Gasteiger partial charge in [0.05, 0.1) is 0 Å². The van der Waals surface area contributed by atoms with Crippen LogP contribution in [-0.4, -0.2) is 18.4 Å². The van der Waals surface area contributed by atoms with Crippen molar-refractivity contribution in [3.8, 4) is 0 Å². The molecule has 0 radical (unpaired) electrons. The molecule has 2 heteroatoms. The van der Waals surface area contributed by atoms with Gasteiger partial charge in [-0.2, -0.15) is 0 Å². The molecule has 0 spiro atoms. The maximum atomic E-state index is 11.9. The number of hydrogen-bond acceptors (Lipinski definition) is 2. The number of Topliss-reactive ketones (excluding diaryl/α,β-unsaturated/α-hetero) is 1. The van der Waals surface area contributed by atoms with Gasteiger partial charge in [0, 0.05) is 30.3 Å². The zero-order chi connectivity index (χ0) is 12.8. The van der Waals surface area contributed by atoms with E-state index in [-0.39, 0.29) is 5.78 Å². The first-order chi connectivity index (χ1) is 8.15. The Morgan fingerprint density at radius 1 is 1.24 bits per heavy atom. The van der Waals surface area contributed by atoms with E-state index in [0.717, 1.165) is 24.2 Å². The lowest BCUT2D eigenvalue weighted by Crippen LogP contribution is -2.33. The molecule has 0 heterocycles. The first-order valence-electron chi connectivity index (χ1n) is 6.54. The molecule has 1 aromatic rings. The van der Waals surface area contributed by atoms with E-state index >= 15 is 0 Å². The molecule has 0 N–H and O–H groups in total. The highest BCUT2D eigenvalue weighted by Crippen LogP contribution is 2.24. The summed E-state index contributed by atoms with van der Waals surface area (Å²) < 4.78 is 0. The van der Waals surface area contributed by atoms with Crippen LogP contribution in [0, 0.1) is 0 Å². The largest absolute Gasteiger partial charge is 0.369 e. The number of carbonyl (C=O) groups excluding carboxylic acids is 1. The summed E-state index contributed by atoms with van der Waals surface area (Å²) in [4.78, 5) is 14.2. The van der Waals surface area contributed by atoms with Gasteiger partial charge in [0.1, 0.15) is 0 Å². The normalized spacial score (nSPS) is 12.2. The first kappa shape index (κ1) is 13.8. The predicted octanol–water partition coefficient (Wildman–Crippen LogP) is 3.90. The molecule has 0 amide bonds. The predicted molar refractivity (Wildman–Crippen MR) is 73.8 cm³/mol. The molecule has 0 fully saturated rings. The average molecular weight is 233 g/mol. The Balaban J connectivity index is 3.14. The van der Waals surface area contributed by atoms with Crippen molar-refractivity contribution in [2.75, 3.05) is 11.4 Å². The van der Waals surface area contributed by atoms with Crippen molar-refractivity contribution in [1.29, 1.82) is 0 Å². The Labute approximate surface area is 105 Å². The van der Waals surface area contributed by atoms with E-state index in [1.165, 1.54) is 0 Å². The molecule has 0 aliphatic heterocycles. The molecule has 1 atom stereocenters. The molecule has 0 aliphatic rings. The number of carbonyl (C=O) groups is 1. The molecule has 1 unspecified atom stereocenters. The number of hydrogen-bond donors (Lipinski definition) is 0. The molecule has 0 aromatic heterocycles. The lowest BCUT2D eigenvalue weighted by Gasteiger charge is -2.31. The van der Waals surface area contributed by atoms with E-state index in [4.69, 9.17) is 0 Å². The lowest BCUT2D eigenvalue weighted by atomic mass is 10.0. The van der Waals surface area contributed by atoms with Gasteiger partial charge in [-0.15, -0.1) is 0 Å². The second-order valence-electron chi connectivity index (χ2n) is 4.34. The van der Waals surface area contributed by atoms with Crippen LogP contribution in [0.15, 0.2) is 24.3 Å². The summed E-state index contributed by atoms with van der Waals surface area (Å²) in [6, 6.07) is 8.40. The van der Waals surface area contributed by atoms with Gasteiger partial charge in [0.15, 0.2) is 5.78 Å². The molecular weight excluding hydrogens is 210 g/mol. The number of ketones is 1. The van der Waals surface area contributed by atoms with E-state index in [2.05, 4.69) is 31.7 Å². The number of para-hydroxylation sites is 1. The van der Waals surface area contributed by atoms with Crippen LogP contribution in [-0.2, 0) is 0 Å². The highest BCUT2D eigenvalue weighted by atomic mass is 16.1. The summed E-state index contributed by atoms with van der Waals surface area (Å²) in [5, 5.41) is 0.